The van der Waals surface area contributed by atoms with Gasteiger partial charge in [-0.2, -0.15) is 0 Å². The van der Waals surface area contributed by atoms with Crippen molar-refractivity contribution in [3.8, 4) is 0 Å². The quantitative estimate of drug-likeness (QED) is 0.507. The van der Waals surface area contributed by atoms with Crippen LogP contribution in [0.2, 0.25) is 0 Å². The maximum absolute atomic E-state index is 13.0. The summed E-state index contributed by atoms with van der Waals surface area (Å²) in [6.07, 6.45) is 5.56. The molecule has 1 heterocycles. The number of quaternary nitrogens is 1. The Balaban J connectivity index is 1.74. The van der Waals surface area contributed by atoms with Gasteiger partial charge in [0.15, 0.2) is 5.16 Å². The fourth-order valence-electron chi connectivity index (χ4n) is 3.95. The Morgan fingerprint density at radius 1 is 1.28 bits per heavy atom. The van der Waals surface area contributed by atoms with Crippen LogP contribution in [-0.2, 0) is 11.3 Å². The average molecular weight is 418 g/mol. The first kappa shape index (κ1) is 21.8. The van der Waals surface area contributed by atoms with Crippen LogP contribution in [0.4, 0.5) is 0 Å². The molecule has 1 aromatic carbocycles. The van der Waals surface area contributed by atoms with Crippen molar-refractivity contribution in [2.45, 2.75) is 56.8 Å². The standard InChI is InChI=1S/C22H32N4O2S/c1-16-9-4-6-11-18(16)23-20(27)15-29-22-24-19-12-7-5-10-17(19)21(28)26(22)14-8-13-25(2)3/h5,7,10,12,16,18H,4,6,8-9,11,13-15H2,1-3H3,(H,23,27)/p+1/t16-,18+/m0/s1. The minimum Gasteiger partial charge on any atom is -0.352 e. The Kier molecular flexibility index (Phi) is 7.72. The van der Waals surface area contributed by atoms with Crippen molar-refractivity contribution in [2.24, 2.45) is 5.92 Å². The molecule has 0 aliphatic heterocycles. The largest absolute Gasteiger partial charge is 0.352 e. The summed E-state index contributed by atoms with van der Waals surface area (Å²) < 4.78 is 1.74. The third-order valence-corrected chi connectivity index (χ3v) is 6.65. The van der Waals surface area contributed by atoms with Gasteiger partial charge in [-0.3, -0.25) is 14.2 Å². The molecule has 7 heteroatoms. The van der Waals surface area contributed by atoms with Gasteiger partial charge in [0, 0.05) is 19.0 Å². The fourth-order valence-corrected chi connectivity index (χ4v) is 4.79. The number of fused-ring (bicyclic) bond motifs is 1. The van der Waals surface area contributed by atoms with Crippen molar-refractivity contribution in [1.82, 2.24) is 14.9 Å². The number of carbonyl (C=O) groups excluding carboxylic acids is 1. The highest BCUT2D eigenvalue weighted by Gasteiger charge is 2.23. The van der Waals surface area contributed by atoms with Crippen molar-refractivity contribution >= 4 is 28.6 Å². The molecule has 0 spiro atoms. The molecule has 1 amide bonds. The van der Waals surface area contributed by atoms with Gasteiger partial charge in [-0.15, -0.1) is 0 Å². The maximum atomic E-state index is 13.0. The lowest BCUT2D eigenvalue weighted by molar-refractivity contribution is -0.858. The number of nitrogens with one attached hydrogen (secondary N) is 2. The van der Waals surface area contributed by atoms with E-state index in [9.17, 15) is 9.59 Å². The molecule has 1 aliphatic carbocycles. The molecule has 1 aromatic heterocycles. The number of para-hydroxylation sites is 1. The molecule has 0 radical (unpaired) electrons. The summed E-state index contributed by atoms with van der Waals surface area (Å²) in [7, 11) is 4.21. The lowest BCUT2D eigenvalue weighted by atomic mass is 9.86. The molecule has 2 atom stereocenters. The van der Waals surface area contributed by atoms with E-state index < -0.39 is 0 Å². The molecule has 1 aliphatic rings. The molecule has 29 heavy (non-hydrogen) atoms. The summed E-state index contributed by atoms with van der Waals surface area (Å²) in [6.45, 7) is 3.81. The smallest absolute Gasteiger partial charge is 0.262 e. The molecule has 2 aromatic rings. The zero-order valence-corrected chi connectivity index (χ0v) is 18.6. The number of carbonyl (C=O) groups is 1. The SMILES string of the molecule is C[C@H]1CCCC[C@H]1NC(=O)CSc1nc2ccccc2c(=O)n1CCC[NH+](C)C. The van der Waals surface area contributed by atoms with Crippen LogP contribution in [0.25, 0.3) is 10.9 Å². The van der Waals surface area contributed by atoms with Crippen molar-refractivity contribution in [3.63, 3.8) is 0 Å². The van der Waals surface area contributed by atoms with Crippen molar-refractivity contribution in [3.05, 3.63) is 34.6 Å². The van der Waals surface area contributed by atoms with Gasteiger partial charge in [-0.25, -0.2) is 4.98 Å². The maximum Gasteiger partial charge on any atom is 0.262 e. The summed E-state index contributed by atoms with van der Waals surface area (Å²) >= 11 is 1.37. The highest BCUT2D eigenvalue weighted by Crippen LogP contribution is 2.24. The van der Waals surface area contributed by atoms with Gasteiger partial charge in [0.2, 0.25) is 5.91 Å². The van der Waals surface area contributed by atoms with Crippen LogP contribution < -0.4 is 15.8 Å². The number of thioether (sulfide) groups is 1. The van der Waals surface area contributed by atoms with E-state index in [1.54, 1.807) is 4.57 Å². The molecule has 6 nitrogen and oxygen atoms in total. The highest BCUT2D eigenvalue weighted by atomic mass is 32.2. The topological polar surface area (TPSA) is 68.4 Å². The van der Waals surface area contributed by atoms with Gasteiger partial charge < -0.3 is 10.2 Å². The van der Waals surface area contributed by atoms with Crippen LogP contribution in [0.1, 0.15) is 39.0 Å². The minimum absolute atomic E-state index is 0.0202. The monoisotopic (exact) mass is 417 g/mol. The van der Waals surface area contributed by atoms with E-state index in [1.165, 1.54) is 35.9 Å². The van der Waals surface area contributed by atoms with E-state index in [1.807, 2.05) is 24.3 Å². The summed E-state index contributed by atoms with van der Waals surface area (Å²) in [5, 5.41) is 4.46. The second kappa shape index (κ2) is 10.3. The number of hydrogen-bond donors (Lipinski definition) is 2. The molecule has 0 unspecified atom stereocenters. The lowest BCUT2D eigenvalue weighted by Gasteiger charge is -2.29. The molecule has 158 valence electrons. The zero-order chi connectivity index (χ0) is 20.8. The zero-order valence-electron chi connectivity index (χ0n) is 17.7. The predicted molar refractivity (Wildman–Crippen MR) is 119 cm³/mol. The van der Waals surface area contributed by atoms with E-state index in [2.05, 4.69) is 26.3 Å². The highest BCUT2D eigenvalue weighted by molar-refractivity contribution is 7.99. The molecule has 3 rings (SSSR count). The fraction of sp³-hybridized carbons (Fsp3) is 0.591. The van der Waals surface area contributed by atoms with Crippen LogP contribution in [0, 0.1) is 5.92 Å². The second-order valence-corrected chi connectivity index (χ2v) is 9.35. The Hall–Kier alpha value is -1.86. The first-order valence-corrected chi connectivity index (χ1v) is 11.6. The molecular formula is C22H33N4O2S+. The van der Waals surface area contributed by atoms with Crippen molar-refractivity contribution in [2.75, 3.05) is 26.4 Å². The first-order chi connectivity index (χ1) is 14.0. The van der Waals surface area contributed by atoms with Crippen LogP contribution in [0.5, 0.6) is 0 Å². The van der Waals surface area contributed by atoms with Crippen LogP contribution in [-0.4, -0.2) is 47.9 Å². The van der Waals surface area contributed by atoms with Crippen molar-refractivity contribution in [1.29, 1.82) is 0 Å². The van der Waals surface area contributed by atoms with Crippen LogP contribution in [0.15, 0.2) is 34.2 Å². The van der Waals surface area contributed by atoms with E-state index >= 15 is 0 Å². The molecule has 0 saturated heterocycles. The summed E-state index contributed by atoms with van der Waals surface area (Å²) in [5.74, 6) is 0.844. The number of hydrogen-bond acceptors (Lipinski definition) is 4. The Morgan fingerprint density at radius 2 is 2.03 bits per heavy atom. The van der Waals surface area contributed by atoms with E-state index in [0.717, 1.165) is 19.4 Å². The Bertz CT molecular complexity index is 896. The van der Waals surface area contributed by atoms with Gasteiger partial charge in [0.05, 0.1) is 37.3 Å². The van der Waals surface area contributed by atoms with Gasteiger partial charge >= 0.3 is 0 Å². The number of aromatic nitrogens is 2. The summed E-state index contributed by atoms with van der Waals surface area (Å²) in [4.78, 5) is 31.6. The third kappa shape index (κ3) is 5.82. The van der Waals surface area contributed by atoms with E-state index in [0.29, 0.717) is 28.5 Å². The van der Waals surface area contributed by atoms with E-state index in [-0.39, 0.29) is 23.3 Å². The van der Waals surface area contributed by atoms with Gasteiger partial charge in [-0.1, -0.05) is 43.7 Å². The minimum atomic E-state index is -0.0202. The molecule has 1 saturated carbocycles. The van der Waals surface area contributed by atoms with Crippen molar-refractivity contribution < 1.29 is 9.69 Å². The molecule has 2 N–H and O–H groups in total. The molecule has 0 bridgehead atoms. The number of amides is 1. The van der Waals surface area contributed by atoms with E-state index in [4.69, 9.17) is 4.98 Å². The van der Waals surface area contributed by atoms with Gasteiger partial charge in [-0.05, 0) is 30.9 Å². The van der Waals surface area contributed by atoms with Crippen LogP contribution in [0.3, 0.4) is 0 Å². The Morgan fingerprint density at radius 3 is 2.79 bits per heavy atom. The van der Waals surface area contributed by atoms with Gasteiger partial charge in [0.1, 0.15) is 0 Å². The van der Waals surface area contributed by atoms with Crippen LogP contribution >= 0.6 is 11.8 Å². The number of benzene rings is 1. The third-order valence-electron chi connectivity index (χ3n) is 5.68. The normalized spacial score (nSPS) is 19.6. The average Bonchev–Trinajstić information content (AvgIpc) is 2.70. The summed E-state index contributed by atoms with van der Waals surface area (Å²) in [6, 6.07) is 7.71. The summed E-state index contributed by atoms with van der Waals surface area (Å²) in [5.41, 5.74) is 0.670. The lowest BCUT2D eigenvalue weighted by Crippen LogP contribution is -3.05. The first-order valence-electron chi connectivity index (χ1n) is 10.7. The van der Waals surface area contributed by atoms with Gasteiger partial charge in [0.25, 0.3) is 5.56 Å². The predicted octanol–water partition coefficient (Wildman–Crippen LogP) is 1.72. The molecular weight excluding hydrogens is 384 g/mol. The molecule has 1 fully saturated rings. The number of rotatable bonds is 8. The number of nitrogens with zero attached hydrogens (tertiary/aromatic N) is 2. The Labute approximate surface area is 177 Å². The second-order valence-electron chi connectivity index (χ2n) is 8.40.